The average Bonchev–Trinajstić information content (AvgIpc) is 2.71. The molecule has 2 aromatic heterocycles. The highest BCUT2D eigenvalue weighted by Gasteiger charge is 2.31. The molecule has 0 saturated heterocycles. The van der Waals surface area contributed by atoms with Crippen LogP contribution >= 0.6 is 0 Å². The van der Waals surface area contributed by atoms with Crippen molar-refractivity contribution >= 4 is 11.6 Å². The molecule has 0 aliphatic carbocycles. The number of hydrogen-bond acceptors (Lipinski definition) is 2. The first-order valence-electron chi connectivity index (χ1n) is 7.04. The molecule has 0 unspecified atom stereocenters. The molecule has 2 aromatic rings. The molecule has 7 heteroatoms. The van der Waals surface area contributed by atoms with E-state index in [0.717, 1.165) is 18.7 Å². The zero-order chi connectivity index (χ0) is 16.5. The van der Waals surface area contributed by atoms with E-state index < -0.39 is 17.6 Å². The van der Waals surface area contributed by atoms with Gasteiger partial charge >= 0.3 is 6.18 Å². The maximum absolute atomic E-state index is 12.8. The summed E-state index contributed by atoms with van der Waals surface area (Å²) in [5.41, 5.74) is 0.0550. The fraction of sp³-hybridized carbons (Fsp3) is 0.467. The third-order valence-corrected chi connectivity index (χ3v) is 3.34. The first-order chi connectivity index (χ1) is 10.2. The molecule has 0 spiro atoms. The monoisotopic (exact) mass is 313 g/mol. The summed E-state index contributed by atoms with van der Waals surface area (Å²) in [4.78, 5) is 16.4. The number of pyridine rings is 1. The van der Waals surface area contributed by atoms with Crippen molar-refractivity contribution in [2.24, 2.45) is 5.92 Å². The summed E-state index contributed by atoms with van der Waals surface area (Å²) in [6.45, 7) is 6.14. The van der Waals surface area contributed by atoms with Crippen LogP contribution in [0.5, 0.6) is 0 Å². The van der Waals surface area contributed by atoms with Crippen molar-refractivity contribution in [1.82, 2.24) is 14.7 Å². The van der Waals surface area contributed by atoms with Gasteiger partial charge in [-0.15, -0.1) is 0 Å². The van der Waals surface area contributed by atoms with E-state index in [1.54, 1.807) is 6.92 Å². The largest absolute Gasteiger partial charge is 0.417 e. The average molecular weight is 313 g/mol. The van der Waals surface area contributed by atoms with Crippen LogP contribution in [0.2, 0.25) is 0 Å². The number of fused-ring (bicyclic) bond motifs is 1. The van der Waals surface area contributed by atoms with Crippen molar-refractivity contribution in [3.8, 4) is 0 Å². The second-order valence-electron chi connectivity index (χ2n) is 5.63. The van der Waals surface area contributed by atoms with Gasteiger partial charge in [-0.25, -0.2) is 4.98 Å². The Hall–Kier alpha value is -2.05. The number of alkyl halides is 3. The van der Waals surface area contributed by atoms with Gasteiger partial charge in [-0.2, -0.15) is 13.2 Å². The van der Waals surface area contributed by atoms with E-state index in [1.807, 2.05) is 13.8 Å². The molecule has 4 nitrogen and oxygen atoms in total. The van der Waals surface area contributed by atoms with E-state index in [9.17, 15) is 18.0 Å². The molecule has 0 atom stereocenters. The third-order valence-electron chi connectivity index (χ3n) is 3.34. The lowest BCUT2D eigenvalue weighted by atomic mass is 10.1. The molecule has 2 rings (SSSR count). The van der Waals surface area contributed by atoms with Crippen LogP contribution in [0.4, 0.5) is 13.2 Å². The molecule has 0 fully saturated rings. The van der Waals surface area contributed by atoms with Crippen LogP contribution in [-0.4, -0.2) is 21.8 Å². The predicted octanol–water partition coefficient (Wildman–Crippen LogP) is 3.44. The highest BCUT2D eigenvalue weighted by molar-refractivity contribution is 5.94. The second-order valence-corrected chi connectivity index (χ2v) is 5.63. The van der Waals surface area contributed by atoms with Gasteiger partial charge in [-0.05, 0) is 31.4 Å². The minimum Gasteiger partial charge on any atom is -0.351 e. The number of nitrogens with zero attached hydrogens (tertiary/aromatic N) is 2. The molecule has 120 valence electrons. The lowest BCUT2D eigenvalue weighted by Crippen LogP contribution is -2.27. The Morgan fingerprint density at radius 1 is 1.36 bits per heavy atom. The van der Waals surface area contributed by atoms with Crippen LogP contribution in [0, 0.1) is 12.8 Å². The van der Waals surface area contributed by atoms with Gasteiger partial charge in [0.1, 0.15) is 11.3 Å². The first kappa shape index (κ1) is 16.3. The van der Waals surface area contributed by atoms with E-state index in [4.69, 9.17) is 0 Å². The van der Waals surface area contributed by atoms with Crippen LogP contribution < -0.4 is 5.32 Å². The minimum absolute atomic E-state index is 0.143. The summed E-state index contributed by atoms with van der Waals surface area (Å²) in [6, 6.07) is 2.23. The minimum atomic E-state index is -4.46. The predicted molar refractivity (Wildman–Crippen MR) is 76.7 cm³/mol. The SMILES string of the molecule is Cc1nc2ccc(C(F)(F)F)cn2c1C(=O)NCCC(C)C. The van der Waals surface area contributed by atoms with Gasteiger partial charge in [0.25, 0.3) is 5.91 Å². The van der Waals surface area contributed by atoms with Crippen LogP contribution in [0.25, 0.3) is 5.65 Å². The van der Waals surface area contributed by atoms with Crippen molar-refractivity contribution in [3.63, 3.8) is 0 Å². The number of carbonyl (C=O) groups excluding carboxylic acids is 1. The number of rotatable bonds is 4. The molecule has 0 radical (unpaired) electrons. The number of carbonyl (C=O) groups is 1. The number of imidazole rings is 1. The van der Waals surface area contributed by atoms with E-state index in [2.05, 4.69) is 10.3 Å². The molecule has 0 aliphatic rings. The van der Waals surface area contributed by atoms with Crippen molar-refractivity contribution in [3.05, 3.63) is 35.3 Å². The molecular weight excluding hydrogens is 295 g/mol. The van der Waals surface area contributed by atoms with Crippen LogP contribution in [0.1, 0.15) is 42.0 Å². The quantitative estimate of drug-likeness (QED) is 0.940. The number of hydrogen-bond donors (Lipinski definition) is 1. The zero-order valence-corrected chi connectivity index (χ0v) is 12.7. The molecular formula is C15H18F3N3O. The van der Waals surface area contributed by atoms with Crippen LogP contribution in [0.3, 0.4) is 0 Å². The number of nitrogens with one attached hydrogen (secondary N) is 1. The van der Waals surface area contributed by atoms with Gasteiger partial charge in [0.2, 0.25) is 0 Å². The van der Waals surface area contributed by atoms with E-state index in [1.165, 1.54) is 10.5 Å². The van der Waals surface area contributed by atoms with E-state index in [-0.39, 0.29) is 5.69 Å². The Balaban J connectivity index is 2.36. The number of aryl methyl sites for hydroxylation is 1. The maximum atomic E-state index is 12.8. The first-order valence-corrected chi connectivity index (χ1v) is 7.04. The fourth-order valence-electron chi connectivity index (χ4n) is 2.16. The molecule has 0 saturated carbocycles. The Morgan fingerprint density at radius 2 is 2.05 bits per heavy atom. The molecule has 1 amide bonds. The molecule has 1 N–H and O–H groups in total. The van der Waals surface area contributed by atoms with Gasteiger partial charge in [0.05, 0.1) is 11.3 Å². The number of amides is 1. The van der Waals surface area contributed by atoms with Crippen molar-refractivity contribution in [1.29, 1.82) is 0 Å². The Bertz CT molecular complexity index is 689. The van der Waals surface area contributed by atoms with E-state index in [0.29, 0.717) is 23.8 Å². The Kier molecular flexibility index (Phi) is 4.44. The molecule has 0 aromatic carbocycles. The summed E-state index contributed by atoms with van der Waals surface area (Å²) >= 11 is 0. The smallest absolute Gasteiger partial charge is 0.351 e. The highest BCUT2D eigenvalue weighted by atomic mass is 19.4. The number of aromatic nitrogens is 2. The van der Waals surface area contributed by atoms with Crippen molar-refractivity contribution < 1.29 is 18.0 Å². The Labute approximate surface area is 126 Å². The lowest BCUT2D eigenvalue weighted by Gasteiger charge is -2.10. The number of halogens is 3. The van der Waals surface area contributed by atoms with Crippen LogP contribution in [-0.2, 0) is 6.18 Å². The van der Waals surface area contributed by atoms with Gasteiger partial charge in [-0.3, -0.25) is 9.20 Å². The van der Waals surface area contributed by atoms with Crippen LogP contribution in [0.15, 0.2) is 18.3 Å². The van der Waals surface area contributed by atoms with Gasteiger partial charge in [0.15, 0.2) is 0 Å². The molecule has 0 bridgehead atoms. The van der Waals surface area contributed by atoms with Gasteiger partial charge in [-0.1, -0.05) is 13.8 Å². The second kappa shape index (κ2) is 5.98. The van der Waals surface area contributed by atoms with Gasteiger partial charge < -0.3 is 5.32 Å². The van der Waals surface area contributed by atoms with E-state index >= 15 is 0 Å². The lowest BCUT2D eigenvalue weighted by molar-refractivity contribution is -0.137. The Morgan fingerprint density at radius 3 is 2.64 bits per heavy atom. The summed E-state index contributed by atoms with van der Waals surface area (Å²) in [7, 11) is 0. The van der Waals surface area contributed by atoms with Crippen molar-refractivity contribution in [2.45, 2.75) is 33.4 Å². The molecule has 2 heterocycles. The topological polar surface area (TPSA) is 46.4 Å². The summed E-state index contributed by atoms with van der Waals surface area (Å²) in [5, 5.41) is 2.73. The third kappa shape index (κ3) is 3.40. The summed E-state index contributed by atoms with van der Waals surface area (Å²) in [5.74, 6) is 0.0189. The maximum Gasteiger partial charge on any atom is 0.417 e. The van der Waals surface area contributed by atoms with Gasteiger partial charge in [0, 0.05) is 12.7 Å². The highest BCUT2D eigenvalue weighted by Crippen LogP contribution is 2.29. The van der Waals surface area contributed by atoms with Crippen molar-refractivity contribution in [2.75, 3.05) is 6.54 Å². The zero-order valence-electron chi connectivity index (χ0n) is 12.7. The standard InChI is InChI=1S/C15H18F3N3O/c1-9(2)6-7-19-14(22)13-10(3)20-12-5-4-11(8-21(12)13)15(16,17)18/h4-5,8-9H,6-7H2,1-3H3,(H,19,22). The molecule has 0 aliphatic heterocycles. The fourth-order valence-corrected chi connectivity index (χ4v) is 2.16. The summed E-state index contributed by atoms with van der Waals surface area (Å²) in [6.07, 6.45) is -2.75. The normalized spacial score (nSPS) is 12.1. The molecule has 22 heavy (non-hydrogen) atoms. The summed E-state index contributed by atoms with van der Waals surface area (Å²) < 4.78 is 39.6.